The van der Waals surface area contributed by atoms with Crippen molar-refractivity contribution in [2.45, 2.75) is 149 Å². The Kier molecular flexibility index (Phi) is 23.1. The second-order valence-corrected chi connectivity index (χ2v) is 10.4. The molecule has 0 aromatic rings. The molecule has 2 unspecified atom stereocenters. The van der Waals surface area contributed by atoms with Crippen LogP contribution in [0.4, 0.5) is 0 Å². The third kappa shape index (κ3) is 22.1. The highest BCUT2D eigenvalue weighted by Gasteiger charge is 2.33. The summed E-state index contributed by atoms with van der Waals surface area (Å²) >= 11 is 0. The number of unbranched alkanes of at least 4 members (excludes halogenated alkanes) is 8. The molecule has 0 radical (unpaired) electrons. The van der Waals surface area contributed by atoms with Crippen molar-refractivity contribution >= 4 is 23.9 Å². The number of hydrogen-bond acceptors (Lipinski definition) is 10. The Labute approximate surface area is 247 Å². The van der Waals surface area contributed by atoms with Gasteiger partial charge in [0.05, 0.1) is 19.4 Å². The minimum atomic E-state index is -0.907. The molecule has 1 saturated heterocycles. The lowest BCUT2D eigenvalue weighted by Gasteiger charge is -2.18. The summed E-state index contributed by atoms with van der Waals surface area (Å²) in [6.45, 7) is 11.7. The molecule has 0 bridgehead atoms. The standard InChI is InChI=1S/C29H50O10.C2H6/c1-5-7-9-11-13-15-25(30)34-19-23(38-28(33)16-14-12-10-8-6-2)20-35-26(31)17-18-27(32)36-21-24-22-37-29(3,4)39-24;1-2/h23-24H,5-22H2,1-4H3;1-2H3. The molecule has 41 heavy (non-hydrogen) atoms. The summed E-state index contributed by atoms with van der Waals surface area (Å²) in [4.78, 5) is 48.6. The van der Waals surface area contributed by atoms with Crippen molar-refractivity contribution in [3.05, 3.63) is 0 Å². The Morgan fingerprint density at radius 1 is 0.683 bits per heavy atom. The first-order valence-electron chi connectivity index (χ1n) is 15.6. The molecule has 1 rings (SSSR count). The van der Waals surface area contributed by atoms with Gasteiger partial charge in [-0.15, -0.1) is 0 Å². The number of carbonyl (C=O) groups is 4. The van der Waals surface area contributed by atoms with Gasteiger partial charge in [-0.05, 0) is 26.7 Å². The van der Waals surface area contributed by atoms with E-state index in [1.807, 2.05) is 13.8 Å². The minimum absolute atomic E-state index is 0.0394. The molecular weight excluding hydrogens is 532 g/mol. The van der Waals surface area contributed by atoms with Gasteiger partial charge in [-0.1, -0.05) is 79.1 Å². The van der Waals surface area contributed by atoms with Gasteiger partial charge in [-0.3, -0.25) is 19.2 Å². The Morgan fingerprint density at radius 3 is 1.63 bits per heavy atom. The van der Waals surface area contributed by atoms with Crippen LogP contribution in [0.25, 0.3) is 0 Å². The van der Waals surface area contributed by atoms with Crippen molar-refractivity contribution in [3.8, 4) is 0 Å². The van der Waals surface area contributed by atoms with Crippen molar-refractivity contribution in [3.63, 3.8) is 0 Å². The highest BCUT2D eigenvalue weighted by atomic mass is 16.7. The Balaban J connectivity index is 0.00000781. The zero-order valence-electron chi connectivity index (χ0n) is 26.5. The van der Waals surface area contributed by atoms with Gasteiger partial charge in [0.2, 0.25) is 0 Å². The first kappa shape index (κ1) is 38.8. The number of esters is 4. The van der Waals surface area contributed by atoms with E-state index in [9.17, 15) is 19.2 Å². The second-order valence-electron chi connectivity index (χ2n) is 10.4. The van der Waals surface area contributed by atoms with E-state index in [4.69, 9.17) is 28.4 Å². The highest BCUT2D eigenvalue weighted by molar-refractivity contribution is 5.77. The molecule has 1 aliphatic heterocycles. The maximum atomic E-state index is 12.3. The van der Waals surface area contributed by atoms with Crippen LogP contribution in [0, 0.1) is 0 Å². The Bertz CT molecular complexity index is 722. The molecule has 0 aromatic heterocycles. The highest BCUT2D eigenvalue weighted by Crippen LogP contribution is 2.22. The molecule has 10 heteroatoms. The summed E-state index contributed by atoms with van der Waals surface area (Å²) in [5.41, 5.74) is 0. The Morgan fingerprint density at radius 2 is 1.15 bits per heavy atom. The van der Waals surface area contributed by atoms with Crippen LogP contribution in [-0.4, -0.2) is 68.3 Å². The topological polar surface area (TPSA) is 124 Å². The van der Waals surface area contributed by atoms with Crippen LogP contribution in [0.5, 0.6) is 0 Å². The van der Waals surface area contributed by atoms with E-state index < -0.39 is 29.8 Å². The molecule has 0 saturated carbocycles. The summed E-state index contributed by atoms with van der Waals surface area (Å²) < 4.78 is 32.1. The molecule has 0 aliphatic carbocycles. The quantitative estimate of drug-likeness (QED) is 0.0819. The SMILES string of the molecule is CC.CCCCCCCC(=O)OCC(COC(=O)CCC(=O)OCC1COC(C)(C)O1)OC(=O)CCCCCCC. The number of ether oxygens (including phenoxy) is 6. The monoisotopic (exact) mass is 588 g/mol. The van der Waals surface area contributed by atoms with Crippen LogP contribution in [0.3, 0.4) is 0 Å². The van der Waals surface area contributed by atoms with Crippen molar-refractivity contribution in [1.29, 1.82) is 0 Å². The van der Waals surface area contributed by atoms with Gasteiger partial charge in [0.15, 0.2) is 11.9 Å². The zero-order chi connectivity index (χ0) is 30.9. The normalized spacial score (nSPS) is 16.2. The fourth-order valence-electron chi connectivity index (χ4n) is 3.93. The minimum Gasteiger partial charge on any atom is -0.463 e. The van der Waals surface area contributed by atoms with Gasteiger partial charge < -0.3 is 28.4 Å². The molecule has 2 atom stereocenters. The van der Waals surface area contributed by atoms with Gasteiger partial charge in [-0.2, -0.15) is 0 Å². The lowest BCUT2D eigenvalue weighted by Crippen LogP contribution is -2.31. The first-order chi connectivity index (χ1) is 19.6. The predicted molar refractivity (Wildman–Crippen MR) is 155 cm³/mol. The van der Waals surface area contributed by atoms with Crippen LogP contribution in [-0.2, 0) is 47.6 Å². The summed E-state index contributed by atoms with van der Waals surface area (Å²) in [6, 6.07) is 0. The lowest BCUT2D eigenvalue weighted by atomic mass is 10.1. The van der Waals surface area contributed by atoms with Gasteiger partial charge in [-0.25, -0.2) is 0 Å². The van der Waals surface area contributed by atoms with Crippen molar-refractivity contribution < 1.29 is 47.6 Å². The van der Waals surface area contributed by atoms with Gasteiger partial charge in [0.25, 0.3) is 0 Å². The summed E-state index contributed by atoms with van der Waals surface area (Å²) in [5.74, 6) is -2.70. The van der Waals surface area contributed by atoms with Gasteiger partial charge in [0.1, 0.15) is 25.9 Å². The van der Waals surface area contributed by atoms with Crippen molar-refractivity contribution in [1.82, 2.24) is 0 Å². The van der Waals surface area contributed by atoms with Crippen LogP contribution in [0.2, 0.25) is 0 Å². The largest absolute Gasteiger partial charge is 0.463 e. The van der Waals surface area contributed by atoms with Crippen LogP contribution < -0.4 is 0 Å². The van der Waals surface area contributed by atoms with Gasteiger partial charge in [0, 0.05) is 12.8 Å². The number of hydrogen-bond donors (Lipinski definition) is 0. The molecule has 0 aromatic carbocycles. The van der Waals surface area contributed by atoms with Crippen LogP contribution in [0.15, 0.2) is 0 Å². The average molecular weight is 589 g/mol. The average Bonchev–Trinajstić information content (AvgIpc) is 3.31. The van der Waals surface area contributed by atoms with E-state index in [2.05, 4.69) is 13.8 Å². The van der Waals surface area contributed by atoms with E-state index in [0.29, 0.717) is 19.4 Å². The van der Waals surface area contributed by atoms with Crippen molar-refractivity contribution in [2.24, 2.45) is 0 Å². The lowest BCUT2D eigenvalue weighted by molar-refractivity contribution is -0.167. The maximum absolute atomic E-state index is 12.3. The molecule has 1 fully saturated rings. The third-order valence-electron chi connectivity index (χ3n) is 6.16. The van der Waals surface area contributed by atoms with E-state index in [-0.39, 0.29) is 51.2 Å². The molecule has 1 heterocycles. The zero-order valence-corrected chi connectivity index (χ0v) is 26.5. The summed E-state index contributed by atoms with van der Waals surface area (Å²) in [5, 5.41) is 0. The maximum Gasteiger partial charge on any atom is 0.306 e. The molecule has 0 spiro atoms. The molecule has 0 amide bonds. The molecule has 10 nitrogen and oxygen atoms in total. The first-order valence-corrected chi connectivity index (χ1v) is 15.6. The molecule has 240 valence electrons. The fourth-order valence-corrected chi connectivity index (χ4v) is 3.93. The van der Waals surface area contributed by atoms with Gasteiger partial charge >= 0.3 is 23.9 Å². The van der Waals surface area contributed by atoms with Crippen molar-refractivity contribution in [2.75, 3.05) is 26.4 Å². The van der Waals surface area contributed by atoms with Crippen LogP contribution >= 0.6 is 0 Å². The molecule has 1 aliphatic rings. The summed E-state index contributed by atoms with van der Waals surface area (Å²) in [6.07, 6.45) is 8.90. The van der Waals surface area contributed by atoms with E-state index in [1.165, 1.54) is 0 Å². The second kappa shape index (κ2) is 24.4. The summed E-state index contributed by atoms with van der Waals surface area (Å²) in [7, 11) is 0. The van der Waals surface area contributed by atoms with E-state index in [1.54, 1.807) is 13.8 Å². The van der Waals surface area contributed by atoms with E-state index in [0.717, 1.165) is 57.8 Å². The number of carbonyl (C=O) groups excluding carboxylic acids is 4. The Hall–Kier alpha value is -2.20. The fraction of sp³-hybridized carbons (Fsp3) is 0.871. The molecule has 0 N–H and O–H groups in total. The third-order valence-corrected chi connectivity index (χ3v) is 6.16. The number of rotatable bonds is 22. The van der Waals surface area contributed by atoms with Crippen LogP contribution in [0.1, 0.15) is 131 Å². The smallest absolute Gasteiger partial charge is 0.306 e. The molecular formula is C31H56O10. The predicted octanol–water partition coefficient (Wildman–Crippen LogP) is 6.21. The van der Waals surface area contributed by atoms with E-state index >= 15 is 0 Å².